The topological polar surface area (TPSA) is 81.0 Å². The molecule has 1 heterocycles. The van der Waals surface area contributed by atoms with E-state index in [1.165, 1.54) is 6.26 Å². The van der Waals surface area contributed by atoms with E-state index in [2.05, 4.69) is 27.3 Å². The summed E-state index contributed by atoms with van der Waals surface area (Å²) in [7, 11) is -1.20. The first-order valence-electron chi connectivity index (χ1n) is 8.19. The second kappa shape index (κ2) is 7.35. The van der Waals surface area contributed by atoms with Gasteiger partial charge in [0, 0.05) is 12.3 Å². The molecule has 7 nitrogen and oxygen atoms in total. The summed E-state index contributed by atoms with van der Waals surface area (Å²) in [4.78, 5) is 2.43. The number of tetrazole rings is 1. The monoisotopic (exact) mass is 371 g/mol. The van der Waals surface area contributed by atoms with Gasteiger partial charge in [0.2, 0.25) is 0 Å². The molecule has 0 saturated heterocycles. The van der Waals surface area contributed by atoms with Crippen molar-refractivity contribution in [1.29, 1.82) is 0 Å². The summed E-state index contributed by atoms with van der Waals surface area (Å²) in [5.74, 6) is 0.735. The standard InChI is InChI=1S/C18H21N5O2S/c1-14(15-9-11-17(12-10-15)26(3,24)25)22(2)13-18-19-20-21-23(18)16-7-5-4-6-8-16/h4-12,14H,13H2,1-3H3. The van der Waals surface area contributed by atoms with Crippen LogP contribution in [0.5, 0.6) is 0 Å². The molecule has 3 aromatic rings. The first-order valence-corrected chi connectivity index (χ1v) is 10.1. The van der Waals surface area contributed by atoms with E-state index < -0.39 is 9.84 Å². The van der Waals surface area contributed by atoms with Crippen LogP contribution in [0.4, 0.5) is 0 Å². The molecule has 0 aliphatic carbocycles. The van der Waals surface area contributed by atoms with Gasteiger partial charge in [-0.15, -0.1) is 5.10 Å². The molecule has 2 aromatic carbocycles. The molecule has 0 N–H and O–H groups in total. The number of nitrogens with zero attached hydrogens (tertiary/aromatic N) is 5. The molecule has 1 unspecified atom stereocenters. The minimum atomic E-state index is -3.19. The SMILES string of the molecule is CC(c1ccc(S(C)(=O)=O)cc1)N(C)Cc1nnnn1-c1ccccc1. The molecule has 1 aromatic heterocycles. The van der Waals surface area contributed by atoms with Crippen molar-refractivity contribution in [2.24, 2.45) is 0 Å². The fourth-order valence-corrected chi connectivity index (χ4v) is 3.31. The van der Waals surface area contributed by atoms with Crippen molar-refractivity contribution in [1.82, 2.24) is 25.1 Å². The summed E-state index contributed by atoms with van der Waals surface area (Å²) in [6.07, 6.45) is 1.21. The Morgan fingerprint density at radius 2 is 1.73 bits per heavy atom. The van der Waals surface area contributed by atoms with Gasteiger partial charge in [0.25, 0.3) is 0 Å². The summed E-state index contributed by atoms with van der Waals surface area (Å²) in [5.41, 5.74) is 1.93. The van der Waals surface area contributed by atoms with Crippen LogP contribution in [0.25, 0.3) is 5.69 Å². The average Bonchev–Trinajstić information content (AvgIpc) is 3.09. The second-order valence-corrected chi connectivity index (χ2v) is 8.29. The molecule has 3 rings (SSSR count). The molecule has 136 valence electrons. The van der Waals surface area contributed by atoms with Crippen molar-refractivity contribution in [3.05, 3.63) is 66.0 Å². The number of hydrogen-bond donors (Lipinski definition) is 0. The number of para-hydroxylation sites is 1. The Morgan fingerprint density at radius 1 is 1.08 bits per heavy atom. The van der Waals surface area contributed by atoms with E-state index in [0.29, 0.717) is 11.4 Å². The zero-order valence-electron chi connectivity index (χ0n) is 14.9. The number of rotatable bonds is 6. The third-order valence-corrected chi connectivity index (χ3v) is 5.51. The van der Waals surface area contributed by atoms with Gasteiger partial charge in [-0.25, -0.2) is 8.42 Å². The maximum Gasteiger partial charge on any atom is 0.175 e. The summed E-state index contributed by atoms with van der Waals surface area (Å²) >= 11 is 0. The van der Waals surface area contributed by atoms with Crippen LogP contribution in [0.3, 0.4) is 0 Å². The Kier molecular flexibility index (Phi) is 5.15. The van der Waals surface area contributed by atoms with Gasteiger partial charge in [0.1, 0.15) is 0 Å². The number of aromatic nitrogens is 4. The van der Waals surface area contributed by atoms with Gasteiger partial charge in [-0.2, -0.15) is 4.68 Å². The van der Waals surface area contributed by atoms with Gasteiger partial charge in [0.15, 0.2) is 15.7 Å². The van der Waals surface area contributed by atoms with Crippen molar-refractivity contribution < 1.29 is 8.42 Å². The Morgan fingerprint density at radius 3 is 2.35 bits per heavy atom. The van der Waals surface area contributed by atoms with E-state index >= 15 is 0 Å². The average molecular weight is 371 g/mol. The Bertz CT molecular complexity index is 968. The van der Waals surface area contributed by atoms with Crippen LogP contribution in [0.2, 0.25) is 0 Å². The fourth-order valence-electron chi connectivity index (χ4n) is 2.68. The van der Waals surface area contributed by atoms with Crippen LogP contribution in [0, 0.1) is 0 Å². The van der Waals surface area contributed by atoms with Crippen molar-refractivity contribution in [3.8, 4) is 5.69 Å². The predicted octanol–water partition coefficient (Wildman–Crippen LogP) is 2.26. The van der Waals surface area contributed by atoms with Gasteiger partial charge in [-0.05, 0) is 54.2 Å². The molecule has 0 aliphatic rings. The molecule has 8 heteroatoms. The molecular weight excluding hydrogens is 350 g/mol. The highest BCUT2D eigenvalue weighted by atomic mass is 32.2. The van der Waals surface area contributed by atoms with Gasteiger partial charge >= 0.3 is 0 Å². The lowest BCUT2D eigenvalue weighted by atomic mass is 10.1. The largest absolute Gasteiger partial charge is 0.292 e. The van der Waals surface area contributed by atoms with Gasteiger partial charge in [0.05, 0.1) is 17.1 Å². The molecule has 26 heavy (non-hydrogen) atoms. The molecule has 0 aliphatic heterocycles. The molecule has 0 fully saturated rings. The first-order chi connectivity index (χ1) is 12.4. The van der Waals surface area contributed by atoms with Gasteiger partial charge in [-0.1, -0.05) is 30.3 Å². The maximum absolute atomic E-state index is 11.6. The van der Waals surface area contributed by atoms with Crippen molar-refractivity contribution >= 4 is 9.84 Å². The fraction of sp³-hybridized carbons (Fsp3) is 0.278. The smallest absolute Gasteiger partial charge is 0.175 e. The summed E-state index contributed by atoms with van der Waals surface area (Å²) in [5, 5.41) is 12.0. The molecular formula is C18H21N5O2S. The van der Waals surface area contributed by atoms with Crippen LogP contribution in [-0.4, -0.2) is 46.8 Å². The zero-order chi connectivity index (χ0) is 18.7. The van der Waals surface area contributed by atoms with E-state index in [4.69, 9.17) is 0 Å². The van der Waals surface area contributed by atoms with Gasteiger partial charge in [-0.3, -0.25) is 4.90 Å². The Hall–Kier alpha value is -2.58. The minimum absolute atomic E-state index is 0.0736. The highest BCUT2D eigenvalue weighted by Gasteiger charge is 2.17. The lowest BCUT2D eigenvalue weighted by Gasteiger charge is -2.24. The highest BCUT2D eigenvalue weighted by Crippen LogP contribution is 2.22. The van der Waals surface area contributed by atoms with E-state index in [0.717, 1.165) is 17.1 Å². The van der Waals surface area contributed by atoms with Crippen molar-refractivity contribution in [2.75, 3.05) is 13.3 Å². The third-order valence-electron chi connectivity index (χ3n) is 4.38. The molecule has 1 atom stereocenters. The molecule has 0 radical (unpaired) electrons. The zero-order valence-corrected chi connectivity index (χ0v) is 15.8. The van der Waals surface area contributed by atoms with Crippen molar-refractivity contribution in [3.63, 3.8) is 0 Å². The maximum atomic E-state index is 11.6. The first kappa shape index (κ1) is 18.2. The van der Waals surface area contributed by atoms with Crippen LogP contribution in [-0.2, 0) is 16.4 Å². The van der Waals surface area contributed by atoms with E-state index in [-0.39, 0.29) is 6.04 Å². The van der Waals surface area contributed by atoms with E-state index in [1.807, 2.05) is 49.5 Å². The van der Waals surface area contributed by atoms with Gasteiger partial charge < -0.3 is 0 Å². The number of sulfone groups is 1. The normalized spacial score (nSPS) is 13.1. The summed E-state index contributed by atoms with van der Waals surface area (Å²) in [6, 6.07) is 16.8. The van der Waals surface area contributed by atoms with Crippen LogP contribution in [0.15, 0.2) is 59.5 Å². The number of benzene rings is 2. The molecule has 0 saturated carbocycles. The third kappa shape index (κ3) is 3.97. The van der Waals surface area contributed by atoms with E-state index in [1.54, 1.807) is 16.8 Å². The lowest BCUT2D eigenvalue weighted by molar-refractivity contribution is 0.244. The summed E-state index contributed by atoms with van der Waals surface area (Å²) < 4.78 is 24.9. The Balaban J connectivity index is 1.76. The second-order valence-electron chi connectivity index (χ2n) is 6.27. The number of hydrogen-bond acceptors (Lipinski definition) is 6. The quantitative estimate of drug-likeness (QED) is 0.661. The van der Waals surface area contributed by atoms with E-state index in [9.17, 15) is 8.42 Å². The molecule has 0 bridgehead atoms. The molecule has 0 amide bonds. The minimum Gasteiger partial charge on any atom is -0.292 e. The highest BCUT2D eigenvalue weighted by molar-refractivity contribution is 7.90. The van der Waals surface area contributed by atoms with Crippen LogP contribution >= 0.6 is 0 Å². The van der Waals surface area contributed by atoms with Crippen LogP contribution < -0.4 is 0 Å². The predicted molar refractivity (Wildman–Crippen MR) is 98.6 cm³/mol. The lowest BCUT2D eigenvalue weighted by Crippen LogP contribution is -2.24. The Labute approximate surface area is 153 Å². The van der Waals surface area contributed by atoms with Crippen molar-refractivity contribution in [2.45, 2.75) is 24.4 Å². The van der Waals surface area contributed by atoms with Crippen LogP contribution in [0.1, 0.15) is 24.4 Å². The molecule has 0 spiro atoms. The summed E-state index contributed by atoms with van der Waals surface area (Å²) in [6.45, 7) is 2.61.